The zero-order valence-corrected chi connectivity index (χ0v) is 17.6. The fraction of sp³-hybridized carbons (Fsp3) is 0.696. The van der Waals surface area contributed by atoms with Crippen LogP contribution in [0.2, 0.25) is 0 Å². The second-order valence-corrected chi connectivity index (χ2v) is 8.59. The highest BCUT2D eigenvalue weighted by Crippen LogP contribution is 2.17. The number of amides is 2. The van der Waals surface area contributed by atoms with Gasteiger partial charge in [-0.2, -0.15) is 0 Å². The predicted molar refractivity (Wildman–Crippen MR) is 115 cm³/mol. The summed E-state index contributed by atoms with van der Waals surface area (Å²) in [5.41, 5.74) is 2.56. The Labute approximate surface area is 170 Å². The van der Waals surface area contributed by atoms with Crippen LogP contribution < -0.4 is 10.6 Å². The molecule has 0 radical (unpaired) electrons. The van der Waals surface area contributed by atoms with E-state index in [1.807, 2.05) is 0 Å². The molecule has 2 saturated heterocycles. The summed E-state index contributed by atoms with van der Waals surface area (Å²) in [6.07, 6.45) is 7.61. The van der Waals surface area contributed by atoms with E-state index < -0.39 is 0 Å². The minimum Gasteiger partial charge on any atom is -0.338 e. The molecule has 0 aliphatic carbocycles. The molecule has 2 heterocycles. The number of hydrogen-bond donors (Lipinski definition) is 2. The maximum Gasteiger partial charge on any atom is 0.315 e. The topological polar surface area (TPSA) is 47.6 Å². The molecule has 5 nitrogen and oxygen atoms in total. The second kappa shape index (κ2) is 11.4. The molecule has 2 fully saturated rings. The van der Waals surface area contributed by atoms with E-state index in [0.29, 0.717) is 6.54 Å². The van der Waals surface area contributed by atoms with Crippen LogP contribution in [0, 0.1) is 5.92 Å². The predicted octanol–water partition coefficient (Wildman–Crippen LogP) is 3.59. The molecule has 0 unspecified atom stereocenters. The number of carbonyl (C=O) groups excluding carboxylic acids is 1. The number of nitrogens with one attached hydrogen (secondary N) is 2. The largest absolute Gasteiger partial charge is 0.338 e. The Morgan fingerprint density at radius 2 is 1.68 bits per heavy atom. The van der Waals surface area contributed by atoms with E-state index >= 15 is 0 Å². The molecule has 0 saturated carbocycles. The fourth-order valence-electron chi connectivity index (χ4n) is 4.27. The minimum absolute atomic E-state index is 0.0555. The highest BCUT2D eigenvalue weighted by atomic mass is 16.2. The first-order valence-electron chi connectivity index (χ1n) is 11.2. The first-order chi connectivity index (χ1) is 13.7. The lowest BCUT2D eigenvalue weighted by molar-refractivity contribution is 0.190. The average molecular weight is 387 g/mol. The lowest BCUT2D eigenvalue weighted by atomic mass is 9.99. The molecule has 5 heteroatoms. The Kier molecular flexibility index (Phi) is 8.62. The number of likely N-dealkylation sites (tertiary alicyclic amines) is 2. The number of urea groups is 1. The van der Waals surface area contributed by atoms with Gasteiger partial charge in [0, 0.05) is 19.6 Å². The van der Waals surface area contributed by atoms with Crippen LogP contribution in [0.5, 0.6) is 0 Å². The number of carbonyl (C=O) groups is 1. The number of benzene rings is 1. The lowest BCUT2D eigenvalue weighted by Crippen LogP contribution is -2.38. The third-order valence-corrected chi connectivity index (χ3v) is 6.21. The van der Waals surface area contributed by atoms with E-state index in [2.05, 4.69) is 51.6 Å². The molecule has 1 aromatic carbocycles. The first kappa shape index (κ1) is 21.1. The molecule has 0 aromatic heterocycles. The third kappa shape index (κ3) is 7.10. The Morgan fingerprint density at radius 1 is 0.964 bits per heavy atom. The summed E-state index contributed by atoms with van der Waals surface area (Å²) >= 11 is 0. The van der Waals surface area contributed by atoms with Crippen LogP contribution in [0.4, 0.5) is 4.79 Å². The Bertz CT molecular complexity index is 592. The molecule has 2 amide bonds. The first-order valence-corrected chi connectivity index (χ1v) is 11.2. The molecule has 1 aromatic rings. The molecule has 2 aliphatic rings. The van der Waals surface area contributed by atoms with Gasteiger partial charge in [-0.3, -0.25) is 4.90 Å². The van der Waals surface area contributed by atoms with Crippen molar-refractivity contribution in [1.29, 1.82) is 0 Å². The average Bonchev–Trinajstić information content (AvgIpc) is 2.73. The van der Waals surface area contributed by atoms with Gasteiger partial charge in [0.1, 0.15) is 0 Å². The van der Waals surface area contributed by atoms with Gasteiger partial charge in [-0.05, 0) is 81.9 Å². The van der Waals surface area contributed by atoms with Gasteiger partial charge in [-0.25, -0.2) is 4.79 Å². The van der Waals surface area contributed by atoms with Gasteiger partial charge >= 0.3 is 6.03 Å². The molecule has 28 heavy (non-hydrogen) atoms. The SMILES string of the molecule is CC1CCN(CCCNC(=O)NCc2ccccc2CN2CCCCC2)CC1. The van der Waals surface area contributed by atoms with Crippen molar-refractivity contribution in [3.05, 3.63) is 35.4 Å². The fourth-order valence-corrected chi connectivity index (χ4v) is 4.27. The van der Waals surface area contributed by atoms with Crippen molar-refractivity contribution in [2.45, 2.75) is 58.5 Å². The molecule has 0 bridgehead atoms. The minimum atomic E-state index is -0.0555. The molecule has 0 atom stereocenters. The summed E-state index contributed by atoms with van der Waals surface area (Å²) in [5, 5.41) is 6.05. The van der Waals surface area contributed by atoms with E-state index in [0.717, 1.165) is 32.0 Å². The van der Waals surface area contributed by atoms with Gasteiger partial charge < -0.3 is 15.5 Å². The molecule has 156 valence electrons. The van der Waals surface area contributed by atoms with Crippen LogP contribution in [0.25, 0.3) is 0 Å². The maximum atomic E-state index is 12.2. The number of piperidine rings is 2. The van der Waals surface area contributed by atoms with E-state index in [-0.39, 0.29) is 6.03 Å². The van der Waals surface area contributed by atoms with E-state index in [1.54, 1.807) is 0 Å². The Morgan fingerprint density at radius 3 is 2.43 bits per heavy atom. The highest BCUT2D eigenvalue weighted by Gasteiger charge is 2.15. The van der Waals surface area contributed by atoms with Crippen molar-refractivity contribution >= 4 is 6.03 Å². The van der Waals surface area contributed by atoms with Gasteiger partial charge in [0.05, 0.1) is 0 Å². The lowest BCUT2D eigenvalue weighted by Gasteiger charge is -2.30. The zero-order chi connectivity index (χ0) is 19.6. The number of hydrogen-bond acceptors (Lipinski definition) is 3. The smallest absolute Gasteiger partial charge is 0.315 e. The van der Waals surface area contributed by atoms with E-state index in [9.17, 15) is 4.79 Å². The maximum absolute atomic E-state index is 12.2. The quantitative estimate of drug-likeness (QED) is 0.671. The van der Waals surface area contributed by atoms with Gasteiger partial charge in [-0.15, -0.1) is 0 Å². The Hall–Kier alpha value is -1.59. The summed E-state index contributed by atoms with van der Waals surface area (Å²) in [5.74, 6) is 0.873. The van der Waals surface area contributed by atoms with Crippen LogP contribution in [0.15, 0.2) is 24.3 Å². The molecule has 3 rings (SSSR count). The van der Waals surface area contributed by atoms with Crippen LogP contribution in [0.3, 0.4) is 0 Å². The summed E-state index contributed by atoms with van der Waals surface area (Å²) < 4.78 is 0. The number of nitrogens with zero attached hydrogens (tertiary/aromatic N) is 2. The van der Waals surface area contributed by atoms with Crippen LogP contribution in [-0.4, -0.2) is 55.1 Å². The molecule has 0 spiro atoms. The monoisotopic (exact) mass is 386 g/mol. The van der Waals surface area contributed by atoms with E-state index in [1.165, 1.54) is 69.4 Å². The van der Waals surface area contributed by atoms with Crippen LogP contribution in [0.1, 0.15) is 56.6 Å². The van der Waals surface area contributed by atoms with Gasteiger partial charge in [0.25, 0.3) is 0 Å². The third-order valence-electron chi connectivity index (χ3n) is 6.21. The van der Waals surface area contributed by atoms with Gasteiger partial charge in [0.15, 0.2) is 0 Å². The van der Waals surface area contributed by atoms with Crippen LogP contribution in [-0.2, 0) is 13.1 Å². The van der Waals surface area contributed by atoms with Gasteiger partial charge in [-0.1, -0.05) is 37.6 Å². The molecular formula is C23H38N4O. The standard InChI is InChI=1S/C23H38N4O/c1-20-10-16-26(17-11-20)15-7-12-24-23(28)25-18-21-8-3-4-9-22(21)19-27-13-5-2-6-14-27/h3-4,8-9,20H,2,5-7,10-19H2,1H3,(H2,24,25,28). The van der Waals surface area contributed by atoms with Crippen molar-refractivity contribution in [2.24, 2.45) is 5.92 Å². The summed E-state index contributed by atoms with van der Waals surface area (Å²) in [4.78, 5) is 17.2. The van der Waals surface area contributed by atoms with Crippen molar-refractivity contribution < 1.29 is 4.79 Å². The zero-order valence-electron chi connectivity index (χ0n) is 17.6. The summed E-state index contributed by atoms with van der Waals surface area (Å²) in [7, 11) is 0. The van der Waals surface area contributed by atoms with Gasteiger partial charge in [0.2, 0.25) is 0 Å². The molecular weight excluding hydrogens is 348 g/mol. The highest BCUT2D eigenvalue weighted by molar-refractivity contribution is 5.73. The van der Waals surface area contributed by atoms with Crippen molar-refractivity contribution in [3.8, 4) is 0 Å². The number of rotatable bonds is 8. The van der Waals surface area contributed by atoms with E-state index in [4.69, 9.17) is 0 Å². The van der Waals surface area contributed by atoms with Crippen molar-refractivity contribution in [3.63, 3.8) is 0 Å². The van der Waals surface area contributed by atoms with Crippen molar-refractivity contribution in [1.82, 2.24) is 20.4 Å². The summed E-state index contributed by atoms with van der Waals surface area (Å²) in [6.45, 7) is 10.6. The molecule has 2 N–H and O–H groups in total. The van der Waals surface area contributed by atoms with Crippen LogP contribution >= 0.6 is 0 Å². The molecule has 2 aliphatic heterocycles. The summed E-state index contributed by atoms with van der Waals surface area (Å²) in [6, 6.07) is 8.44. The van der Waals surface area contributed by atoms with Crippen molar-refractivity contribution in [2.75, 3.05) is 39.3 Å². The Balaban J connectivity index is 1.34. The second-order valence-electron chi connectivity index (χ2n) is 8.59. The normalized spacial score (nSPS) is 19.5.